The molecule has 1 atom stereocenters. The van der Waals surface area contributed by atoms with Crippen LogP contribution in [0.5, 0.6) is 0 Å². The molecule has 1 amide bonds. The number of nitrogens with zero attached hydrogens (tertiary/aromatic N) is 6. The van der Waals surface area contributed by atoms with Gasteiger partial charge in [0, 0.05) is 25.9 Å². The van der Waals surface area contributed by atoms with Crippen molar-refractivity contribution in [3.63, 3.8) is 0 Å². The van der Waals surface area contributed by atoms with E-state index < -0.39 is 0 Å². The summed E-state index contributed by atoms with van der Waals surface area (Å²) in [5, 5.41) is 8.23. The Labute approximate surface area is 141 Å². The van der Waals surface area contributed by atoms with Crippen LogP contribution in [0.1, 0.15) is 55.1 Å². The molecule has 2 aromatic heterocycles. The summed E-state index contributed by atoms with van der Waals surface area (Å²) in [6.45, 7) is 7.19. The number of rotatable bonds is 5. The van der Waals surface area contributed by atoms with E-state index in [4.69, 9.17) is 4.52 Å². The lowest BCUT2D eigenvalue weighted by Gasteiger charge is -2.33. The van der Waals surface area contributed by atoms with Gasteiger partial charge in [-0.15, -0.1) is 0 Å². The van der Waals surface area contributed by atoms with Crippen molar-refractivity contribution in [1.29, 1.82) is 0 Å². The molecule has 1 aliphatic heterocycles. The summed E-state index contributed by atoms with van der Waals surface area (Å²) in [6.07, 6.45) is 3.91. The highest BCUT2D eigenvalue weighted by Crippen LogP contribution is 2.22. The number of likely N-dealkylation sites (tertiary alicyclic amines) is 1. The van der Waals surface area contributed by atoms with Crippen LogP contribution in [0.4, 0.5) is 0 Å². The summed E-state index contributed by atoms with van der Waals surface area (Å²) in [7, 11) is 0. The van der Waals surface area contributed by atoms with Gasteiger partial charge in [0.15, 0.2) is 5.82 Å². The van der Waals surface area contributed by atoms with Crippen LogP contribution in [0.15, 0.2) is 4.52 Å². The van der Waals surface area contributed by atoms with Crippen molar-refractivity contribution in [2.75, 3.05) is 13.1 Å². The lowest BCUT2D eigenvalue weighted by Crippen LogP contribution is -2.41. The second-order valence-electron chi connectivity index (χ2n) is 6.38. The van der Waals surface area contributed by atoms with Crippen LogP contribution >= 0.6 is 0 Å². The minimum atomic E-state index is 0.186. The maximum Gasteiger partial charge on any atom is 0.226 e. The van der Waals surface area contributed by atoms with Crippen LogP contribution in [0.25, 0.3) is 0 Å². The number of hydrogen-bond donors (Lipinski definition) is 0. The fourth-order valence-corrected chi connectivity index (χ4v) is 3.25. The van der Waals surface area contributed by atoms with Crippen LogP contribution in [0, 0.1) is 20.8 Å². The van der Waals surface area contributed by atoms with Crippen LogP contribution in [0.3, 0.4) is 0 Å². The van der Waals surface area contributed by atoms with E-state index in [1.165, 1.54) is 0 Å². The van der Waals surface area contributed by atoms with Crippen LogP contribution in [-0.4, -0.2) is 48.8 Å². The SMILES string of the molecule is Cc1noc(CCCC(=O)N2CCCC(n3nc(C)nc3C)C2)n1. The first kappa shape index (κ1) is 16.6. The zero-order valence-electron chi connectivity index (χ0n) is 14.5. The molecular weight excluding hydrogens is 308 g/mol. The minimum absolute atomic E-state index is 0.186. The second-order valence-corrected chi connectivity index (χ2v) is 6.38. The molecule has 3 heterocycles. The van der Waals surface area contributed by atoms with Gasteiger partial charge < -0.3 is 9.42 Å². The summed E-state index contributed by atoms with van der Waals surface area (Å²) in [6, 6.07) is 0.225. The number of carbonyl (C=O) groups excluding carboxylic acids is 1. The summed E-state index contributed by atoms with van der Waals surface area (Å²) in [5.74, 6) is 3.12. The lowest BCUT2D eigenvalue weighted by molar-refractivity contribution is -0.133. The minimum Gasteiger partial charge on any atom is -0.341 e. The summed E-state index contributed by atoms with van der Waals surface area (Å²) >= 11 is 0. The highest BCUT2D eigenvalue weighted by Gasteiger charge is 2.26. The van der Waals surface area contributed by atoms with Crippen molar-refractivity contribution in [3.05, 3.63) is 23.4 Å². The third-order valence-electron chi connectivity index (χ3n) is 4.35. The number of hydrogen-bond acceptors (Lipinski definition) is 6. The van der Waals surface area contributed by atoms with Gasteiger partial charge in [0.05, 0.1) is 6.04 Å². The molecule has 1 unspecified atom stereocenters. The Morgan fingerprint density at radius 2 is 2.08 bits per heavy atom. The number of aryl methyl sites for hydroxylation is 4. The molecule has 1 aliphatic rings. The van der Waals surface area contributed by atoms with Gasteiger partial charge in [-0.3, -0.25) is 4.79 Å². The van der Waals surface area contributed by atoms with Crippen molar-refractivity contribution >= 4 is 5.91 Å². The van der Waals surface area contributed by atoms with E-state index >= 15 is 0 Å². The largest absolute Gasteiger partial charge is 0.341 e. The average molecular weight is 332 g/mol. The van der Waals surface area contributed by atoms with E-state index in [1.54, 1.807) is 6.92 Å². The van der Waals surface area contributed by atoms with E-state index in [0.29, 0.717) is 31.1 Å². The van der Waals surface area contributed by atoms with Crippen molar-refractivity contribution in [2.45, 2.75) is 58.9 Å². The first-order valence-corrected chi connectivity index (χ1v) is 8.49. The van der Waals surface area contributed by atoms with Gasteiger partial charge in [-0.1, -0.05) is 5.16 Å². The Morgan fingerprint density at radius 1 is 1.25 bits per heavy atom. The van der Waals surface area contributed by atoms with Gasteiger partial charge in [0.1, 0.15) is 11.6 Å². The molecule has 1 fully saturated rings. The lowest BCUT2D eigenvalue weighted by atomic mass is 10.0. The Morgan fingerprint density at radius 3 is 2.75 bits per heavy atom. The Hall–Kier alpha value is -2.25. The van der Waals surface area contributed by atoms with E-state index in [2.05, 4.69) is 20.2 Å². The highest BCUT2D eigenvalue weighted by molar-refractivity contribution is 5.76. The van der Waals surface area contributed by atoms with Gasteiger partial charge in [-0.05, 0) is 40.0 Å². The maximum atomic E-state index is 12.5. The molecule has 8 nitrogen and oxygen atoms in total. The molecule has 1 saturated heterocycles. The fraction of sp³-hybridized carbons (Fsp3) is 0.688. The summed E-state index contributed by atoms with van der Waals surface area (Å²) < 4.78 is 7.05. The number of carbonyl (C=O) groups is 1. The molecule has 0 N–H and O–H groups in total. The maximum absolute atomic E-state index is 12.5. The molecule has 0 saturated carbocycles. The monoisotopic (exact) mass is 332 g/mol. The average Bonchev–Trinajstić information content (AvgIpc) is 3.12. The van der Waals surface area contributed by atoms with E-state index in [9.17, 15) is 4.79 Å². The van der Waals surface area contributed by atoms with Gasteiger partial charge in [-0.25, -0.2) is 9.67 Å². The van der Waals surface area contributed by atoms with Gasteiger partial charge >= 0.3 is 0 Å². The highest BCUT2D eigenvalue weighted by atomic mass is 16.5. The second kappa shape index (κ2) is 7.11. The van der Waals surface area contributed by atoms with Crippen molar-refractivity contribution < 1.29 is 9.32 Å². The Bertz CT molecular complexity index is 707. The van der Waals surface area contributed by atoms with Crippen LogP contribution < -0.4 is 0 Å². The molecule has 0 aromatic carbocycles. The molecule has 0 bridgehead atoms. The third kappa shape index (κ3) is 3.80. The third-order valence-corrected chi connectivity index (χ3v) is 4.35. The van der Waals surface area contributed by atoms with Gasteiger partial charge in [0.25, 0.3) is 0 Å². The molecule has 0 radical (unpaired) electrons. The van der Waals surface area contributed by atoms with Gasteiger partial charge in [-0.2, -0.15) is 10.1 Å². The molecule has 8 heteroatoms. The van der Waals surface area contributed by atoms with E-state index in [-0.39, 0.29) is 11.9 Å². The molecule has 0 aliphatic carbocycles. The quantitative estimate of drug-likeness (QED) is 0.829. The molecule has 24 heavy (non-hydrogen) atoms. The van der Waals surface area contributed by atoms with E-state index in [1.807, 2.05) is 23.4 Å². The smallest absolute Gasteiger partial charge is 0.226 e. The van der Waals surface area contributed by atoms with Crippen LogP contribution in [-0.2, 0) is 11.2 Å². The Balaban J connectivity index is 1.52. The first-order valence-electron chi connectivity index (χ1n) is 8.49. The molecular formula is C16H24N6O2. The predicted molar refractivity (Wildman–Crippen MR) is 86.3 cm³/mol. The molecule has 0 spiro atoms. The molecule has 130 valence electrons. The normalized spacial score (nSPS) is 18.1. The first-order chi connectivity index (χ1) is 11.5. The van der Waals surface area contributed by atoms with Gasteiger partial charge in [0.2, 0.25) is 11.8 Å². The standard InChI is InChI=1S/C16H24N6O2/c1-11-17-13(3)22(19-11)14-6-5-9-21(10-14)16(23)8-4-7-15-18-12(2)20-24-15/h14H,4-10H2,1-3H3. The number of amides is 1. The number of aromatic nitrogens is 5. The van der Waals surface area contributed by atoms with Crippen molar-refractivity contribution in [3.8, 4) is 0 Å². The summed E-state index contributed by atoms with van der Waals surface area (Å²) in [4.78, 5) is 23.0. The fourth-order valence-electron chi connectivity index (χ4n) is 3.25. The zero-order chi connectivity index (χ0) is 17.1. The Kier molecular flexibility index (Phi) is 4.92. The summed E-state index contributed by atoms with van der Waals surface area (Å²) in [5.41, 5.74) is 0. The van der Waals surface area contributed by atoms with E-state index in [0.717, 1.165) is 37.5 Å². The predicted octanol–water partition coefficient (Wildman–Crippen LogP) is 1.77. The van der Waals surface area contributed by atoms with Crippen molar-refractivity contribution in [2.24, 2.45) is 0 Å². The van der Waals surface area contributed by atoms with Crippen LogP contribution in [0.2, 0.25) is 0 Å². The molecule has 2 aromatic rings. The zero-order valence-corrected chi connectivity index (χ0v) is 14.5. The number of piperidine rings is 1. The topological polar surface area (TPSA) is 89.9 Å². The van der Waals surface area contributed by atoms with Crippen molar-refractivity contribution in [1.82, 2.24) is 29.8 Å². The molecule has 3 rings (SSSR count).